The first-order chi connectivity index (χ1) is 6.14. The van der Waals surface area contributed by atoms with Gasteiger partial charge < -0.3 is 0 Å². The maximum atomic E-state index is 11.8. The van der Waals surface area contributed by atoms with E-state index in [1.54, 1.807) is 0 Å². The lowest BCUT2D eigenvalue weighted by molar-refractivity contribution is 0.365. The predicted molar refractivity (Wildman–Crippen MR) is 56.9 cm³/mol. The fraction of sp³-hybridized carbons (Fsp3) is 1.00. The largest absolute Gasteiger partial charge is 0.228 e. The van der Waals surface area contributed by atoms with Gasteiger partial charge in [-0.15, -0.1) is 0 Å². The van der Waals surface area contributed by atoms with Gasteiger partial charge in [-0.05, 0) is 37.4 Å². The summed E-state index contributed by atoms with van der Waals surface area (Å²) in [5, 5.41) is -0.0608. The number of thiol groups is 1. The smallest absolute Gasteiger partial charge is 0.156 e. The molecule has 2 rings (SSSR count). The molecule has 0 aromatic carbocycles. The summed E-state index contributed by atoms with van der Waals surface area (Å²) in [6, 6.07) is 0. The van der Waals surface area contributed by atoms with Crippen LogP contribution in [0.2, 0.25) is 0 Å². The number of fused-ring (bicyclic) bond motifs is 2. The summed E-state index contributed by atoms with van der Waals surface area (Å²) in [4.78, 5) is 0. The van der Waals surface area contributed by atoms with E-state index in [0.717, 1.165) is 37.9 Å². The fourth-order valence-electron chi connectivity index (χ4n) is 2.67. The number of hydrogen-bond donors (Lipinski definition) is 1. The minimum absolute atomic E-state index is 0.0304. The monoisotopic (exact) mass is 220 g/mol. The number of hydrogen-bond acceptors (Lipinski definition) is 3. The number of sulfone groups is 1. The summed E-state index contributed by atoms with van der Waals surface area (Å²) in [7, 11) is -2.74. The molecule has 2 aliphatic heterocycles. The van der Waals surface area contributed by atoms with Crippen molar-refractivity contribution in [3.63, 3.8) is 0 Å². The van der Waals surface area contributed by atoms with Gasteiger partial charge in [0.1, 0.15) is 0 Å². The Morgan fingerprint density at radius 2 is 1.69 bits per heavy atom. The number of rotatable bonds is 1. The van der Waals surface area contributed by atoms with Crippen LogP contribution in [0.25, 0.3) is 0 Å². The molecule has 4 heteroatoms. The van der Waals surface area contributed by atoms with Crippen molar-refractivity contribution in [3.05, 3.63) is 0 Å². The van der Waals surface area contributed by atoms with Crippen LogP contribution in [0, 0.1) is 5.92 Å². The van der Waals surface area contributed by atoms with Gasteiger partial charge in [0.05, 0.1) is 10.5 Å². The van der Waals surface area contributed by atoms with E-state index in [1.807, 2.05) is 0 Å². The van der Waals surface area contributed by atoms with Crippen molar-refractivity contribution in [2.45, 2.75) is 42.6 Å². The van der Waals surface area contributed by atoms with Crippen molar-refractivity contribution in [1.82, 2.24) is 0 Å². The molecule has 2 heterocycles. The summed E-state index contributed by atoms with van der Waals surface area (Å²) in [5.41, 5.74) is 0. The van der Waals surface area contributed by atoms with Gasteiger partial charge in [0.2, 0.25) is 0 Å². The molecule has 2 unspecified atom stereocenters. The Hall–Kier alpha value is 0.300. The summed E-state index contributed by atoms with van der Waals surface area (Å²) in [5.74, 6) is 1.39. The molecular weight excluding hydrogens is 204 g/mol. The molecule has 0 aromatic rings. The van der Waals surface area contributed by atoms with Crippen LogP contribution in [0.1, 0.15) is 32.1 Å². The Morgan fingerprint density at radius 1 is 1.15 bits per heavy atom. The molecule has 0 radical (unpaired) electrons. The van der Waals surface area contributed by atoms with Crippen molar-refractivity contribution in [2.24, 2.45) is 5.92 Å². The van der Waals surface area contributed by atoms with Crippen LogP contribution in [0.5, 0.6) is 0 Å². The average Bonchev–Trinajstić information content (AvgIpc) is 2.02. The van der Waals surface area contributed by atoms with Gasteiger partial charge in [-0.1, -0.05) is 6.42 Å². The van der Waals surface area contributed by atoms with Crippen molar-refractivity contribution in [1.29, 1.82) is 0 Å². The molecule has 2 atom stereocenters. The molecule has 2 fully saturated rings. The molecule has 0 N–H and O–H groups in total. The van der Waals surface area contributed by atoms with Crippen LogP contribution in [0.15, 0.2) is 0 Å². The van der Waals surface area contributed by atoms with Gasteiger partial charge in [0, 0.05) is 0 Å². The van der Waals surface area contributed by atoms with Crippen LogP contribution in [-0.4, -0.2) is 24.7 Å². The summed E-state index contributed by atoms with van der Waals surface area (Å²) in [6.07, 6.45) is 4.62. The Balaban J connectivity index is 2.22. The highest BCUT2D eigenvalue weighted by Crippen LogP contribution is 2.39. The maximum absolute atomic E-state index is 11.8. The Kier molecular flexibility index (Phi) is 2.62. The fourth-order valence-corrected chi connectivity index (χ4v) is 5.58. The molecule has 2 saturated heterocycles. The highest BCUT2D eigenvalue weighted by Gasteiger charge is 2.43. The first-order valence-corrected chi connectivity index (χ1v) is 7.22. The highest BCUT2D eigenvalue weighted by molar-refractivity contribution is 7.92. The van der Waals surface area contributed by atoms with E-state index in [0.29, 0.717) is 5.92 Å². The van der Waals surface area contributed by atoms with E-state index < -0.39 is 9.84 Å². The topological polar surface area (TPSA) is 34.1 Å². The van der Waals surface area contributed by atoms with E-state index in [-0.39, 0.29) is 10.5 Å². The van der Waals surface area contributed by atoms with Crippen LogP contribution in [0.3, 0.4) is 0 Å². The zero-order valence-electron chi connectivity index (χ0n) is 7.65. The third-order valence-corrected chi connectivity index (χ3v) is 6.66. The Bertz CT molecular complexity index is 264. The second-order valence-electron chi connectivity index (χ2n) is 4.28. The molecule has 0 saturated carbocycles. The van der Waals surface area contributed by atoms with E-state index in [2.05, 4.69) is 12.6 Å². The normalized spacial score (nSPS) is 43.0. The predicted octanol–water partition coefficient (Wildman–Crippen LogP) is 1.66. The minimum Gasteiger partial charge on any atom is -0.228 e. The van der Waals surface area contributed by atoms with E-state index in [1.165, 1.54) is 0 Å². The molecule has 0 aromatic heterocycles. The van der Waals surface area contributed by atoms with E-state index in [4.69, 9.17) is 0 Å². The summed E-state index contributed by atoms with van der Waals surface area (Å²) in [6.45, 7) is 0. The lowest BCUT2D eigenvalue weighted by Gasteiger charge is -2.38. The molecule has 2 nitrogen and oxygen atoms in total. The molecule has 76 valence electrons. The molecule has 0 amide bonds. The molecule has 0 aliphatic carbocycles. The Morgan fingerprint density at radius 3 is 2.15 bits per heavy atom. The van der Waals surface area contributed by atoms with Crippen LogP contribution in [0.4, 0.5) is 0 Å². The first-order valence-electron chi connectivity index (χ1n) is 4.98. The van der Waals surface area contributed by atoms with E-state index >= 15 is 0 Å². The summed E-state index contributed by atoms with van der Waals surface area (Å²) < 4.78 is 23.7. The van der Waals surface area contributed by atoms with Crippen molar-refractivity contribution in [3.8, 4) is 0 Å². The zero-order chi connectivity index (χ0) is 9.47. The van der Waals surface area contributed by atoms with Crippen LogP contribution < -0.4 is 0 Å². The van der Waals surface area contributed by atoms with Gasteiger partial charge in [-0.3, -0.25) is 0 Å². The van der Waals surface area contributed by atoms with E-state index in [9.17, 15) is 8.42 Å². The van der Waals surface area contributed by atoms with Gasteiger partial charge in [-0.25, -0.2) is 8.42 Å². The molecule has 2 bridgehead atoms. The third-order valence-electron chi connectivity index (χ3n) is 3.43. The molecule has 2 aliphatic rings. The SMILES string of the molecule is O=S1(=O)C2CCCC1CC(CS)C2. The summed E-state index contributed by atoms with van der Waals surface area (Å²) >= 11 is 4.27. The maximum Gasteiger partial charge on any atom is 0.156 e. The average molecular weight is 220 g/mol. The molecular formula is C9H16O2S2. The zero-order valence-corrected chi connectivity index (χ0v) is 9.36. The minimum atomic E-state index is -2.74. The van der Waals surface area contributed by atoms with Crippen molar-refractivity contribution < 1.29 is 8.42 Å². The second kappa shape index (κ2) is 3.46. The van der Waals surface area contributed by atoms with Crippen LogP contribution >= 0.6 is 12.6 Å². The first kappa shape index (κ1) is 9.84. The third kappa shape index (κ3) is 1.63. The second-order valence-corrected chi connectivity index (χ2v) is 7.16. The Labute approximate surface area is 85.4 Å². The van der Waals surface area contributed by atoms with Crippen molar-refractivity contribution in [2.75, 3.05) is 5.75 Å². The molecule has 13 heavy (non-hydrogen) atoms. The molecule has 0 spiro atoms. The lowest BCUT2D eigenvalue weighted by Crippen LogP contribution is -2.43. The van der Waals surface area contributed by atoms with Crippen molar-refractivity contribution >= 4 is 22.5 Å². The lowest BCUT2D eigenvalue weighted by atomic mass is 9.91. The highest BCUT2D eigenvalue weighted by atomic mass is 32.2. The van der Waals surface area contributed by atoms with Gasteiger partial charge in [0.25, 0.3) is 0 Å². The standard InChI is InChI=1S/C9H16O2S2/c10-13(11)8-2-1-3-9(13)5-7(4-8)6-12/h7-9,12H,1-6H2. The van der Waals surface area contributed by atoms with Gasteiger partial charge in [0.15, 0.2) is 9.84 Å². The van der Waals surface area contributed by atoms with Crippen LogP contribution in [-0.2, 0) is 9.84 Å². The van der Waals surface area contributed by atoms with Gasteiger partial charge >= 0.3 is 0 Å². The van der Waals surface area contributed by atoms with Gasteiger partial charge in [-0.2, -0.15) is 12.6 Å². The quantitative estimate of drug-likeness (QED) is 0.682.